The van der Waals surface area contributed by atoms with Gasteiger partial charge in [0.1, 0.15) is 16.5 Å². The fourth-order valence-corrected chi connectivity index (χ4v) is 3.07. The number of rotatable bonds is 5. The van der Waals surface area contributed by atoms with E-state index in [9.17, 15) is 9.59 Å². The van der Waals surface area contributed by atoms with Gasteiger partial charge in [-0.25, -0.2) is 4.79 Å². The number of hydrogen-bond donors (Lipinski definition) is 1. The maximum absolute atomic E-state index is 12.1. The second-order valence-electron chi connectivity index (χ2n) is 4.98. The molecule has 6 heteroatoms. The van der Waals surface area contributed by atoms with Gasteiger partial charge < -0.3 is 14.5 Å². The maximum atomic E-state index is 12.1. The van der Waals surface area contributed by atoms with Crippen LogP contribution in [0.2, 0.25) is 0 Å². The number of thiophene rings is 1. The zero-order chi connectivity index (χ0) is 17.0. The van der Waals surface area contributed by atoms with Gasteiger partial charge in [0.25, 0.3) is 0 Å². The summed E-state index contributed by atoms with van der Waals surface area (Å²) in [5.74, 6) is 0.627. The maximum Gasteiger partial charge on any atom is 0.341 e. The van der Waals surface area contributed by atoms with Crippen molar-refractivity contribution < 1.29 is 18.7 Å². The summed E-state index contributed by atoms with van der Waals surface area (Å²) in [6.07, 6.45) is 2.96. The lowest BCUT2D eigenvalue weighted by molar-refractivity contribution is -0.111. The highest BCUT2D eigenvalue weighted by atomic mass is 32.1. The van der Waals surface area contributed by atoms with Crippen LogP contribution in [-0.2, 0) is 9.53 Å². The Hall–Kier alpha value is -2.34. The molecule has 0 aliphatic heterocycles. The van der Waals surface area contributed by atoms with Crippen LogP contribution in [-0.4, -0.2) is 18.5 Å². The predicted molar refractivity (Wildman–Crippen MR) is 90.9 cm³/mol. The first-order chi connectivity index (χ1) is 10.9. The third kappa shape index (κ3) is 4.10. The molecule has 2 aromatic rings. The molecule has 0 atom stereocenters. The van der Waals surface area contributed by atoms with Crippen molar-refractivity contribution in [2.24, 2.45) is 0 Å². The van der Waals surface area contributed by atoms with Crippen LogP contribution >= 0.6 is 11.3 Å². The van der Waals surface area contributed by atoms with E-state index in [1.54, 1.807) is 19.1 Å². The SMILES string of the molecule is CCOC(=O)c1c(NC(=O)C=Cc2ccc(C)o2)sc(C)c1C. The topological polar surface area (TPSA) is 68.5 Å². The van der Waals surface area contributed by atoms with Crippen LogP contribution in [0.3, 0.4) is 0 Å². The van der Waals surface area contributed by atoms with Crippen molar-refractivity contribution in [3.8, 4) is 0 Å². The zero-order valence-corrected chi connectivity index (χ0v) is 14.4. The second kappa shape index (κ2) is 7.28. The number of anilines is 1. The van der Waals surface area contributed by atoms with Gasteiger partial charge in [-0.1, -0.05) is 0 Å². The summed E-state index contributed by atoms with van der Waals surface area (Å²) < 4.78 is 10.4. The first kappa shape index (κ1) is 17.0. The van der Waals surface area contributed by atoms with E-state index < -0.39 is 5.97 Å². The molecule has 0 saturated heterocycles. The number of hydrogen-bond acceptors (Lipinski definition) is 5. The van der Waals surface area contributed by atoms with Crippen LogP contribution in [0.15, 0.2) is 22.6 Å². The molecule has 23 heavy (non-hydrogen) atoms. The Bertz CT molecular complexity index is 755. The largest absolute Gasteiger partial charge is 0.462 e. The van der Waals surface area contributed by atoms with Gasteiger partial charge >= 0.3 is 5.97 Å². The number of ether oxygens (including phenoxy) is 1. The molecule has 2 rings (SSSR count). The summed E-state index contributed by atoms with van der Waals surface area (Å²) in [5, 5.41) is 3.24. The van der Waals surface area contributed by atoms with Crippen LogP contribution in [0.1, 0.15) is 39.2 Å². The van der Waals surface area contributed by atoms with E-state index >= 15 is 0 Å². The molecule has 0 aliphatic carbocycles. The molecule has 0 unspecified atom stereocenters. The van der Waals surface area contributed by atoms with Crippen molar-refractivity contribution in [3.05, 3.63) is 45.7 Å². The van der Waals surface area contributed by atoms with Crippen molar-refractivity contribution in [2.45, 2.75) is 27.7 Å². The van der Waals surface area contributed by atoms with Crippen LogP contribution in [0.4, 0.5) is 5.00 Å². The highest BCUT2D eigenvalue weighted by molar-refractivity contribution is 7.16. The lowest BCUT2D eigenvalue weighted by atomic mass is 10.1. The molecule has 122 valence electrons. The molecule has 0 aromatic carbocycles. The summed E-state index contributed by atoms with van der Waals surface area (Å²) in [4.78, 5) is 25.1. The zero-order valence-electron chi connectivity index (χ0n) is 13.6. The lowest BCUT2D eigenvalue weighted by Gasteiger charge is -2.05. The summed E-state index contributed by atoms with van der Waals surface area (Å²) in [7, 11) is 0. The van der Waals surface area contributed by atoms with Gasteiger partial charge in [0.05, 0.1) is 12.2 Å². The third-order valence-electron chi connectivity index (χ3n) is 3.26. The highest BCUT2D eigenvalue weighted by Crippen LogP contribution is 2.33. The molecule has 1 amide bonds. The molecule has 0 spiro atoms. The van der Waals surface area contributed by atoms with Gasteiger partial charge in [-0.3, -0.25) is 4.79 Å². The number of furan rings is 1. The van der Waals surface area contributed by atoms with Gasteiger partial charge in [-0.05, 0) is 51.5 Å². The number of esters is 1. The Labute approximate surface area is 139 Å². The Balaban J connectivity index is 2.16. The van der Waals surface area contributed by atoms with Crippen molar-refractivity contribution in [3.63, 3.8) is 0 Å². The molecule has 0 radical (unpaired) electrons. The molecule has 0 saturated carbocycles. The lowest BCUT2D eigenvalue weighted by Crippen LogP contribution is -2.12. The van der Waals surface area contributed by atoms with Crippen molar-refractivity contribution in [2.75, 3.05) is 11.9 Å². The molecule has 0 fully saturated rings. The summed E-state index contributed by atoms with van der Waals surface area (Å²) in [6.45, 7) is 7.62. The van der Waals surface area contributed by atoms with Gasteiger partial charge in [-0.2, -0.15) is 0 Å². The first-order valence-corrected chi connectivity index (χ1v) is 8.06. The Morgan fingerprint density at radius 2 is 2.04 bits per heavy atom. The highest BCUT2D eigenvalue weighted by Gasteiger charge is 2.21. The molecule has 0 aliphatic rings. The minimum atomic E-state index is -0.421. The minimum absolute atomic E-state index is 0.290. The van der Waals surface area contributed by atoms with Crippen LogP contribution < -0.4 is 5.32 Å². The van der Waals surface area contributed by atoms with Crippen molar-refractivity contribution in [1.82, 2.24) is 0 Å². The molecule has 2 aromatic heterocycles. The second-order valence-corrected chi connectivity index (χ2v) is 6.20. The molecule has 1 N–H and O–H groups in total. The van der Waals surface area contributed by atoms with E-state index in [1.807, 2.05) is 26.8 Å². The van der Waals surface area contributed by atoms with Crippen LogP contribution in [0.5, 0.6) is 0 Å². The predicted octanol–water partition coefficient (Wildman–Crippen LogP) is 4.09. The monoisotopic (exact) mass is 333 g/mol. The van der Waals surface area contributed by atoms with Crippen molar-refractivity contribution >= 4 is 34.3 Å². The van der Waals surface area contributed by atoms with Gasteiger partial charge in [0.15, 0.2) is 0 Å². The third-order valence-corrected chi connectivity index (χ3v) is 4.38. The molecule has 0 bridgehead atoms. The van der Waals surface area contributed by atoms with E-state index in [0.717, 1.165) is 16.2 Å². The van der Waals surface area contributed by atoms with Crippen molar-refractivity contribution in [1.29, 1.82) is 0 Å². The molecule has 2 heterocycles. The standard InChI is InChI=1S/C17H19NO4S/c1-5-21-17(20)15-11(3)12(4)23-16(15)18-14(19)9-8-13-7-6-10(2)22-13/h6-9H,5H2,1-4H3,(H,18,19). The molecule has 5 nitrogen and oxygen atoms in total. The summed E-state index contributed by atoms with van der Waals surface area (Å²) in [6, 6.07) is 3.60. The number of carbonyl (C=O) groups is 2. The molecular weight excluding hydrogens is 314 g/mol. The van der Waals surface area contributed by atoms with Crippen LogP contribution in [0.25, 0.3) is 6.08 Å². The Morgan fingerprint density at radius 1 is 1.30 bits per heavy atom. The number of carbonyl (C=O) groups excluding carboxylic acids is 2. The van der Waals surface area contributed by atoms with E-state index in [0.29, 0.717) is 16.3 Å². The number of aryl methyl sites for hydroxylation is 2. The van der Waals surface area contributed by atoms with Gasteiger partial charge in [-0.15, -0.1) is 11.3 Å². The number of amides is 1. The smallest absolute Gasteiger partial charge is 0.341 e. The average molecular weight is 333 g/mol. The summed E-state index contributed by atoms with van der Waals surface area (Å²) in [5.41, 5.74) is 1.25. The quantitative estimate of drug-likeness (QED) is 0.661. The van der Waals surface area contributed by atoms with E-state index in [2.05, 4.69) is 5.32 Å². The fourth-order valence-electron chi connectivity index (χ4n) is 2.02. The van der Waals surface area contributed by atoms with E-state index in [1.165, 1.54) is 17.4 Å². The van der Waals surface area contributed by atoms with Gasteiger partial charge in [0.2, 0.25) is 5.91 Å². The average Bonchev–Trinajstić information content (AvgIpc) is 3.01. The Kier molecular flexibility index (Phi) is 5.39. The Morgan fingerprint density at radius 3 is 2.65 bits per heavy atom. The minimum Gasteiger partial charge on any atom is -0.462 e. The van der Waals surface area contributed by atoms with E-state index in [-0.39, 0.29) is 12.5 Å². The molecular formula is C17H19NO4S. The summed E-state index contributed by atoms with van der Waals surface area (Å²) >= 11 is 1.36. The van der Waals surface area contributed by atoms with Gasteiger partial charge in [0, 0.05) is 11.0 Å². The fraction of sp³-hybridized carbons (Fsp3) is 0.294. The van der Waals surface area contributed by atoms with E-state index in [4.69, 9.17) is 9.15 Å². The normalized spacial score (nSPS) is 11.0. The van der Waals surface area contributed by atoms with Crippen LogP contribution in [0, 0.1) is 20.8 Å². The first-order valence-electron chi connectivity index (χ1n) is 7.25. The number of nitrogens with one attached hydrogen (secondary N) is 1.